The van der Waals surface area contributed by atoms with E-state index in [1.54, 1.807) is 30.6 Å². The Morgan fingerprint density at radius 3 is 2.61 bits per heavy atom. The predicted molar refractivity (Wildman–Crippen MR) is 75.1 cm³/mol. The fourth-order valence-corrected chi connectivity index (χ4v) is 2.90. The van der Waals surface area contributed by atoms with Gasteiger partial charge in [-0.25, -0.2) is 0 Å². The Kier molecular flexibility index (Phi) is 4.33. The van der Waals surface area contributed by atoms with E-state index in [9.17, 15) is 4.21 Å². The van der Waals surface area contributed by atoms with Crippen molar-refractivity contribution >= 4 is 28.1 Å². The predicted octanol–water partition coefficient (Wildman–Crippen LogP) is 2.67. The number of hydrogen-bond acceptors (Lipinski definition) is 3. The van der Waals surface area contributed by atoms with Gasteiger partial charge in [-0.3, -0.25) is 9.19 Å². The summed E-state index contributed by atoms with van der Waals surface area (Å²) in [4.78, 5) is 4.66. The molecule has 2 rings (SSSR count). The lowest BCUT2D eigenvalue weighted by Crippen LogP contribution is -2.02. The molecule has 18 heavy (non-hydrogen) atoms. The van der Waals surface area contributed by atoms with E-state index in [0.29, 0.717) is 21.4 Å². The summed E-state index contributed by atoms with van der Waals surface area (Å²) in [6.45, 7) is 0. The molecule has 1 aromatic carbocycles. The van der Waals surface area contributed by atoms with E-state index < -0.39 is 10.8 Å². The highest BCUT2D eigenvalue weighted by molar-refractivity contribution is 7.85. The second-order valence-corrected chi connectivity index (χ2v) is 5.82. The first-order valence-electron chi connectivity index (χ1n) is 5.49. The van der Waals surface area contributed by atoms with E-state index in [1.165, 1.54) is 0 Å². The van der Waals surface area contributed by atoms with Crippen molar-refractivity contribution in [3.05, 3.63) is 53.3 Å². The first-order chi connectivity index (χ1) is 8.66. The minimum Gasteiger partial charge on any atom is -0.398 e. The van der Waals surface area contributed by atoms with Crippen molar-refractivity contribution in [1.29, 1.82) is 0 Å². The maximum atomic E-state index is 12.1. The molecule has 5 heteroatoms. The molecule has 0 amide bonds. The Balaban J connectivity index is 2.02. The fourth-order valence-electron chi connectivity index (χ4n) is 1.53. The van der Waals surface area contributed by atoms with Crippen LogP contribution in [0.4, 0.5) is 5.69 Å². The van der Waals surface area contributed by atoms with Crippen LogP contribution in [-0.4, -0.2) is 14.9 Å². The van der Waals surface area contributed by atoms with Crippen LogP contribution >= 0.6 is 11.6 Å². The van der Waals surface area contributed by atoms with Crippen LogP contribution in [0.15, 0.2) is 47.6 Å². The van der Waals surface area contributed by atoms with Gasteiger partial charge in [0.05, 0.1) is 21.5 Å². The van der Waals surface area contributed by atoms with Gasteiger partial charge in [0.25, 0.3) is 0 Å². The molecule has 0 spiro atoms. The minimum absolute atomic E-state index is 0.449. The molecule has 0 saturated heterocycles. The van der Waals surface area contributed by atoms with Crippen molar-refractivity contribution in [3.63, 3.8) is 0 Å². The molecule has 0 aliphatic carbocycles. The lowest BCUT2D eigenvalue weighted by molar-refractivity contribution is 0.682. The highest BCUT2D eigenvalue weighted by Gasteiger charge is 2.06. The molecule has 2 N–H and O–H groups in total. The summed E-state index contributed by atoms with van der Waals surface area (Å²) in [6.07, 6.45) is 4.22. The third-order valence-corrected chi connectivity index (χ3v) is 4.24. The third-order valence-electron chi connectivity index (χ3n) is 2.56. The molecule has 0 radical (unpaired) electrons. The van der Waals surface area contributed by atoms with Gasteiger partial charge in [0.15, 0.2) is 0 Å². The minimum atomic E-state index is -1.06. The van der Waals surface area contributed by atoms with Crippen LogP contribution in [-0.2, 0) is 17.2 Å². The van der Waals surface area contributed by atoms with Crippen LogP contribution in [0.2, 0.25) is 5.02 Å². The molecule has 3 nitrogen and oxygen atoms in total. The van der Waals surface area contributed by atoms with E-state index >= 15 is 0 Å². The van der Waals surface area contributed by atoms with Crippen LogP contribution in [0.25, 0.3) is 0 Å². The number of aryl methyl sites for hydroxylation is 1. The fraction of sp³-hybridized carbons (Fsp3) is 0.154. The summed E-state index contributed by atoms with van der Waals surface area (Å²) < 4.78 is 12.1. The van der Waals surface area contributed by atoms with E-state index in [2.05, 4.69) is 4.98 Å². The number of halogens is 1. The summed E-state index contributed by atoms with van der Waals surface area (Å²) in [5, 5.41) is 0.449. The van der Waals surface area contributed by atoms with Gasteiger partial charge in [-0.1, -0.05) is 11.6 Å². The number of rotatable bonds is 4. The van der Waals surface area contributed by atoms with E-state index in [4.69, 9.17) is 17.3 Å². The molecule has 1 heterocycles. The zero-order chi connectivity index (χ0) is 13.0. The standard InChI is InChI=1S/C13H13ClN2OS/c14-12-9-11(1-2-13(12)15)18(17)8-5-10-3-6-16-7-4-10/h1-4,6-7,9H,5,8,15H2. The Hall–Kier alpha value is -1.39. The largest absolute Gasteiger partial charge is 0.398 e. The number of anilines is 1. The average Bonchev–Trinajstić information content (AvgIpc) is 2.40. The molecule has 0 saturated carbocycles. The van der Waals surface area contributed by atoms with Crippen LogP contribution < -0.4 is 5.73 Å². The van der Waals surface area contributed by atoms with Crippen molar-refractivity contribution < 1.29 is 4.21 Å². The second kappa shape index (κ2) is 5.98. The Morgan fingerprint density at radius 1 is 1.22 bits per heavy atom. The molecule has 0 fully saturated rings. The first-order valence-corrected chi connectivity index (χ1v) is 7.19. The van der Waals surface area contributed by atoms with Crippen molar-refractivity contribution in [1.82, 2.24) is 4.98 Å². The summed E-state index contributed by atoms with van der Waals surface area (Å²) in [5.41, 5.74) is 7.25. The molecule has 1 aromatic heterocycles. The highest BCUT2D eigenvalue weighted by Crippen LogP contribution is 2.21. The number of nitrogen functional groups attached to an aromatic ring is 1. The smallest absolute Gasteiger partial charge is 0.0647 e. The maximum Gasteiger partial charge on any atom is 0.0647 e. The van der Waals surface area contributed by atoms with Gasteiger partial charge in [0.1, 0.15) is 0 Å². The van der Waals surface area contributed by atoms with Gasteiger partial charge in [-0.15, -0.1) is 0 Å². The second-order valence-electron chi connectivity index (χ2n) is 3.84. The van der Waals surface area contributed by atoms with Gasteiger partial charge in [-0.05, 0) is 42.3 Å². The van der Waals surface area contributed by atoms with Crippen LogP contribution in [0.5, 0.6) is 0 Å². The van der Waals surface area contributed by atoms with Crippen molar-refractivity contribution in [3.8, 4) is 0 Å². The average molecular weight is 281 g/mol. The molecule has 1 atom stereocenters. The molecule has 0 bridgehead atoms. The highest BCUT2D eigenvalue weighted by atomic mass is 35.5. The summed E-state index contributed by atoms with van der Waals surface area (Å²) in [5.74, 6) is 0.560. The van der Waals surface area contributed by atoms with Crippen molar-refractivity contribution in [2.75, 3.05) is 11.5 Å². The van der Waals surface area contributed by atoms with E-state index in [0.717, 1.165) is 12.0 Å². The van der Waals surface area contributed by atoms with Crippen LogP contribution in [0, 0.1) is 0 Å². The number of benzene rings is 1. The quantitative estimate of drug-likeness (QED) is 0.876. The molecular formula is C13H13ClN2OS. The number of hydrogen-bond donors (Lipinski definition) is 1. The van der Waals surface area contributed by atoms with Crippen molar-refractivity contribution in [2.45, 2.75) is 11.3 Å². The van der Waals surface area contributed by atoms with Crippen LogP contribution in [0.3, 0.4) is 0 Å². The van der Waals surface area contributed by atoms with E-state index in [1.807, 2.05) is 12.1 Å². The van der Waals surface area contributed by atoms with Crippen molar-refractivity contribution in [2.24, 2.45) is 0 Å². The van der Waals surface area contributed by atoms with Crippen LogP contribution in [0.1, 0.15) is 5.56 Å². The lowest BCUT2D eigenvalue weighted by atomic mass is 10.2. The van der Waals surface area contributed by atoms with E-state index in [-0.39, 0.29) is 0 Å². The Bertz CT molecular complexity index is 560. The SMILES string of the molecule is Nc1ccc(S(=O)CCc2ccncc2)cc1Cl. The van der Waals surface area contributed by atoms with Gasteiger partial charge in [0.2, 0.25) is 0 Å². The normalized spacial score (nSPS) is 12.3. The monoisotopic (exact) mass is 280 g/mol. The molecule has 94 valence electrons. The zero-order valence-electron chi connectivity index (χ0n) is 9.67. The number of pyridine rings is 1. The summed E-state index contributed by atoms with van der Waals surface area (Å²) >= 11 is 5.91. The Labute approximate surface area is 113 Å². The van der Waals surface area contributed by atoms with Gasteiger partial charge in [-0.2, -0.15) is 0 Å². The van der Waals surface area contributed by atoms with Gasteiger partial charge >= 0.3 is 0 Å². The molecule has 1 unspecified atom stereocenters. The molecule has 0 aliphatic rings. The third kappa shape index (κ3) is 3.31. The number of aromatic nitrogens is 1. The Morgan fingerprint density at radius 2 is 1.94 bits per heavy atom. The lowest BCUT2D eigenvalue weighted by Gasteiger charge is -2.04. The van der Waals surface area contributed by atoms with Gasteiger partial charge in [0, 0.05) is 23.0 Å². The number of nitrogens with zero attached hydrogens (tertiary/aromatic N) is 1. The molecule has 0 aliphatic heterocycles. The molecular weight excluding hydrogens is 268 g/mol. The zero-order valence-corrected chi connectivity index (χ0v) is 11.2. The molecule has 2 aromatic rings. The van der Waals surface area contributed by atoms with Gasteiger partial charge < -0.3 is 5.73 Å². The summed E-state index contributed by atoms with van der Waals surface area (Å²) in [6, 6.07) is 8.95. The first kappa shape index (κ1) is 13.1. The number of nitrogens with two attached hydrogens (primary N) is 1. The maximum absolute atomic E-state index is 12.1. The summed E-state index contributed by atoms with van der Waals surface area (Å²) in [7, 11) is -1.06. The topological polar surface area (TPSA) is 56.0 Å².